The molecule has 2 aromatic rings. The van der Waals surface area contributed by atoms with E-state index in [9.17, 15) is 9.59 Å². The van der Waals surface area contributed by atoms with Crippen molar-refractivity contribution in [1.29, 1.82) is 0 Å². The Morgan fingerprint density at radius 3 is 2.50 bits per heavy atom. The van der Waals surface area contributed by atoms with Crippen LogP contribution in [0.5, 0.6) is 0 Å². The van der Waals surface area contributed by atoms with E-state index < -0.39 is 5.41 Å². The molecule has 0 saturated carbocycles. The lowest BCUT2D eigenvalue weighted by atomic mass is 9.78. The first kappa shape index (κ1) is 16.4. The van der Waals surface area contributed by atoms with Gasteiger partial charge in [-0.05, 0) is 18.4 Å². The highest BCUT2D eigenvalue weighted by Crippen LogP contribution is 2.39. The fourth-order valence-corrected chi connectivity index (χ4v) is 3.08. The Morgan fingerprint density at radius 1 is 1.17 bits per heavy atom. The van der Waals surface area contributed by atoms with Crippen molar-refractivity contribution in [3.8, 4) is 0 Å². The van der Waals surface area contributed by atoms with Crippen LogP contribution in [-0.2, 0) is 22.7 Å². The van der Waals surface area contributed by atoms with Gasteiger partial charge in [-0.25, -0.2) is 4.98 Å². The summed E-state index contributed by atoms with van der Waals surface area (Å²) >= 11 is 0. The Bertz CT molecular complexity index is 751. The fraction of sp³-hybridized carbons (Fsp3) is 0.421. The molecule has 0 bridgehead atoms. The number of hydrogen-bond donors (Lipinski definition) is 0. The second-order valence-electron chi connectivity index (χ2n) is 6.99. The topological polar surface area (TPSA) is 55.2 Å². The van der Waals surface area contributed by atoms with Crippen LogP contribution in [0.15, 0.2) is 42.7 Å². The van der Waals surface area contributed by atoms with Gasteiger partial charge in [-0.15, -0.1) is 0 Å². The molecule has 2 amide bonds. The molecule has 1 aliphatic rings. The number of amides is 2. The largest absolute Gasteiger partial charge is 0.329 e. The fourth-order valence-electron chi connectivity index (χ4n) is 3.08. The Balaban J connectivity index is 1.79. The van der Waals surface area contributed by atoms with Gasteiger partial charge in [0.05, 0.1) is 12.0 Å². The van der Waals surface area contributed by atoms with Crippen molar-refractivity contribution in [2.24, 2.45) is 11.3 Å². The van der Waals surface area contributed by atoms with E-state index in [0.717, 1.165) is 11.4 Å². The van der Waals surface area contributed by atoms with Gasteiger partial charge in [0.15, 0.2) is 0 Å². The van der Waals surface area contributed by atoms with E-state index in [1.807, 2.05) is 61.9 Å². The van der Waals surface area contributed by atoms with Gasteiger partial charge in [-0.2, -0.15) is 0 Å². The van der Waals surface area contributed by atoms with Gasteiger partial charge < -0.3 is 4.57 Å². The van der Waals surface area contributed by atoms with Gasteiger partial charge in [0.25, 0.3) is 0 Å². The number of aromatic nitrogens is 2. The maximum absolute atomic E-state index is 12.7. The van der Waals surface area contributed by atoms with Crippen LogP contribution in [0.2, 0.25) is 0 Å². The van der Waals surface area contributed by atoms with Crippen LogP contribution in [0, 0.1) is 11.3 Å². The van der Waals surface area contributed by atoms with Gasteiger partial charge >= 0.3 is 0 Å². The molecule has 1 atom stereocenters. The molecule has 3 rings (SSSR count). The Hall–Kier alpha value is -2.43. The van der Waals surface area contributed by atoms with E-state index in [4.69, 9.17) is 0 Å². The van der Waals surface area contributed by atoms with Crippen LogP contribution in [0.3, 0.4) is 0 Å². The van der Waals surface area contributed by atoms with Crippen molar-refractivity contribution >= 4 is 11.8 Å². The molecule has 5 heteroatoms. The van der Waals surface area contributed by atoms with E-state index in [1.165, 1.54) is 4.90 Å². The molecule has 126 valence electrons. The van der Waals surface area contributed by atoms with Crippen LogP contribution in [0.4, 0.5) is 0 Å². The summed E-state index contributed by atoms with van der Waals surface area (Å²) in [5, 5.41) is 0. The molecule has 0 radical (unpaired) electrons. The zero-order valence-corrected chi connectivity index (χ0v) is 14.4. The quantitative estimate of drug-likeness (QED) is 0.794. The molecule has 0 spiro atoms. The van der Waals surface area contributed by atoms with E-state index in [-0.39, 0.29) is 30.7 Å². The number of carbonyl (C=O) groups excluding carboxylic acids is 2. The number of likely N-dealkylation sites (tertiary alicyclic amines) is 1. The third-order valence-corrected chi connectivity index (χ3v) is 5.12. The summed E-state index contributed by atoms with van der Waals surface area (Å²) in [6, 6.07) is 10.1. The maximum atomic E-state index is 12.7. The standard InChI is InChI=1S/C19H23N3O2/c1-14(2)19(3)11-17(23)22(18(19)24)13-16-20-9-10-21(16)12-15-7-5-4-6-8-15/h4-10,14H,11-13H2,1-3H3/t19-/m0/s1. The first-order valence-corrected chi connectivity index (χ1v) is 8.30. The zero-order chi connectivity index (χ0) is 17.3. The molecule has 1 aromatic heterocycles. The Labute approximate surface area is 142 Å². The lowest BCUT2D eigenvalue weighted by Gasteiger charge is -2.26. The molecular weight excluding hydrogens is 302 g/mol. The Kier molecular flexibility index (Phi) is 4.26. The average molecular weight is 325 g/mol. The van der Waals surface area contributed by atoms with E-state index >= 15 is 0 Å². The molecule has 0 N–H and O–H groups in total. The number of imide groups is 1. The molecule has 1 aliphatic heterocycles. The van der Waals surface area contributed by atoms with Crippen LogP contribution < -0.4 is 0 Å². The minimum Gasteiger partial charge on any atom is -0.329 e. The summed E-state index contributed by atoms with van der Waals surface area (Å²) in [4.78, 5) is 30.8. The summed E-state index contributed by atoms with van der Waals surface area (Å²) in [7, 11) is 0. The minimum absolute atomic E-state index is 0.0863. The second-order valence-corrected chi connectivity index (χ2v) is 6.99. The summed E-state index contributed by atoms with van der Waals surface area (Å²) in [5.41, 5.74) is 0.552. The van der Waals surface area contributed by atoms with Crippen molar-refractivity contribution in [2.45, 2.75) is 40.3 Å². The predicted molar refractivity (Wildman–Crippen MR) is 90.9 cm³/mol. The van der Waals surface area contributed by atoms with Gasteiger partial charge in [0.1, 0.15) is 5.82 Å². The van der Waals surface area contributed by atoms with Crippen molar-refractivity contribution < 1.29 is 9.59 Å². The predicted octanol–water partition coefficient (Wildman–Crippen LogP) is 2.85. The molecule has 1 saturated heterocycles. The van der Waals surface area contributed by atoms with Crippen molar-refractivity contribution in [1.82, 2.24) is 14.5 Å². The second kappa shape index (κ2) is 6.23. The summed E-state index contributed by atoms with van der Waals surface area (Å²) in [5.74, 6) is 0.666. The molecule has 2 heterocycles. The highest BCUT2D eigenvalue weighted by atomic mass is 16.2. The van der Waals surface area contributed by atoms with Gasteiger partial charge in [-0.3, -0.25) is 14.5 Å². The number of hydrogen-bond acceptors (Lipinski definition) is 3. The molecule has 5 nitrogen and oxygen atoms in total. The summed E-state index contributed by atoms with van der Waals surface area (Å²) in [6.07, 6.45) is 3.88. The van der Waals surface area contributed by atoms with Crippen LogP contribution in [0.1, 0.15) is 38.6 Å². The molecule has 1 fully saturated rings. The average Bonchev–Trinajstić information content (AvgIpc) is 3.07. The van der Waals surface area contributed by atoms with Gasteiger partial charge in [0.2, 0.25) is 11.8 Å². The Morgan fingerprint density at radius 2 is 1.88 bits per heavy atom. The highest BCUT2D eigenvalue weighted by Gasteiger charge is 2.50. The number of imidazole rings is 1. The molecule has 0 unspecified atom stereocenters. The number of rotatable bonds is 5. The SMILES string of the molecule is CC(C)[C@]1(C)CC(=O)N(Cc2nccn2Cc2ccccc2)C1=O. The maximum Gasteiger partial charge on any atom is 0.236 e. The van der Waals surface area contributed by atoms with Crippen molar-refractivity contribution in [3.05, 3.63) is 54.1 Å². The van der Waals surface area contributed by atoms with E-state index in [1.54, 1.807) is 6.20 Å². The van der Waals surface area contributed by atoms with Crippen molar-refractivity contribution in [2.75, 3.05) is 0 Å². The zero-order valence-electron chi connectivity index (χ0n) is 14.4. The van der Waals surface area contributed by atoms with Gasteiger partial charge in [0, 0.05) is 25.4 Å². The summed E-state index contributed by atoms with van der Waals surface area (Å²) < 4.78 is 1.99. The normalized spacial score (nSPS) is 21.1. The molecule has 0 aliphatic carbocycles. The lowest BCUT2D eigenvalue weighted by molar-refractivity contribution is -0.142. The minimum atomic E-state index is -0.603. The number of benzene rings is 1. The first-order chi connectivity index (χ1) is 11.4. The molecule has 1 aromatic carbocycles. The van der Waals surface area contributed by atoms with E-state index in [0.29, 0.717) is 6.54 Å². The van der Waals surface area contributed by atoms with E-state index in [2.05, 4.69) is 4.98 Å². The smallest absolute Gasteiger partial charge is 0.236 e. The monoisotopic (exact) mass is 325 g/mol. The third-order valence-electron chi connectivity index (χ3n) is 5.12. The summed E-state index contributed by atoms with van der Waals surface area (Å²) in [6.45, 7) is 6.78. The molecular formula is C19H23N3O2. The number of nitrogens with zero attached hydrogens (tertiary/aromatic N) is 3. The van der Waals surface area contributed by atoms with Crippen LogP contribution >= 0.6 is 0 Å². The number of carbonyl (C=O) groups is 2. The van der Waals surface area contributed by atoms with Crippen molar-refractivity contribution in [3.63, 3.8) is 0 Å². The van der Waals surface area contributed by atoms with Gasteiger partial charge in [-0.1, -0.05) is 44.2 Å². The lowest BCUT2D eigenvalue weighted by Crippen LogP contribution is -2.37. The van der Waals surface area contributed by atoms with Crippen LogP contribution in [-0.4, -0.2) is 26.3 Å². The van der Waals surface area contributed by atoms with Crippen LogP contribution in [0.25, 0.3) is 0 Å². The third kappa shape index (κ3) is 2.86. The molecule has 24 heavy (non-hydrogen) atoms. The first-order valence-electron chi connectivity index (χ1n) is 8.30. The highest BCUT2D eigenvalue weighted by molar-refractivity contribution is 6.05.